The number of carbonyl (C=O) groups is 1. The molecule has 2 rings (SSSR count). The predicted molar refractivity (Wildman–Crippen MR) is 69.2 cm³/mol. The van der Waals surface area contributed by atoms with Crippen LogP contribution in [0.5, 0.6) is 0 Å². The van der Waals surface area contributed by atoms with Gasteiger partial charge in [0.25, 0.3) is 0 Å². The fourth-order valence-corrected chi connectivity index (χ4v) is 4.26. The van der Waals surface area contributed by atoms with E-state index in [1.54, 1.807) is 0 Å². The van der Waals surface area contributed by atoms with Crippen molar-refractivity contribution in [2.24, 2.45) is 0 Å². The van der Waals surface area contributed by atoms with Crippen molar-refractivity contribution in [3.63, 3.8) is 0 Å². The maximum absolute atomic E-state index is 11.6. The molecule has 0 spiro atoms. The van der Waals surface area contributed by atoms with Crippen molar-refractivity contribution >= 4 is 15.9 Å². The zero-order chi connectivity index (χ0) is 13.0. The normalized spacial score (nSPS) is 27.9. The van der Waals surface area contributed by atoms with Gasteiger partial charge in [-0.25, -0.2) is 13.2 Å². The summed E-state index contributed by atoms with van der Waals surface area (Å²) in [5.74, 6) is 0.259. The molecule has 2 heterocycles. The van der Waals surface area contributed by atoms with Crippen LogP contribution in [0.1, 0.15) is 25.7 Å². The van der Waals surface area contributed by atoms with Gasteiger partial charge in [0.1, 0.15) is 0 Å². The van der Waals surface area contributed by atoms with Gasteiger partial charge in [0, 0.05) is 12.6 Å². The van der Waals surface area contributed by atoms with E-state index >= 15 is 0 Å². The van der Waals surface area contributed by atoms with E-state index in [0.29, 0.717) is 12.8 Å². The Kier molecular flexibility index (Phi) is 4.45. The van der Waals surface area contributed by atoms with Gasteiger partial charge >= 0.3 is 6.03 Å². The molecule has 2 aliphatic rings. The quantitative estimate of drug-likeness (QED) is 0.655. The molecule has 0 aromatic heterocycles. The third-order valence-electron chi connectivity index (χ3n) is 3.63. The van der Waals surface area contributed by atoms with Crippen LogP contribution in [0.2, 0.25) is 0 Å². The molecule has 2 aliphatic heterocycles. The van der Waals surface area contributed by atoms with E-state index in [1.807, 2.05) is 0 Å². The summed E-state index contributed by atoms with van der Waals surface area (Å²) in [4.78, 5) is 11.6. The van der Waals surface area contributed by atoms with Gasteiger partial charge in [-0.05, 0) is 38.8 Å². The lowest BCUT2D eigenvalue weighted by molar-refractivity contribution is 0.233. The molecule has 0 aromatic carbocycles. The van der Waals surface area contributed by atoms with E-state index in [2.05, 4.69) is 16.0 Å². The second-order valence-corrected chi connectivity index (χ2v) is 7.41. The van der Waals surface area contributed by atoms with Gasteiger partial charge in [-0.3, -0.25) is 0 Å². The molecular formula is C11H21N3O3S. The van der Waals surface area contributed by atoms with Crippen molar-refractivity contribution in [1.82, 2.24) is 16.0 Å². The Morgan fingerprint density at radius 3 is 2.56 bits per heavy atom. The van der Waals surface area contributed by atoms with Gasteiger partial charge in [-0.1, -0.05) is 0 Å². The number of rotatable bonds is 3. The minimum Gasteiger partial charge on any atom is -0.337 e. The number of sulfone groups is 1. The van der Waals surface area contributed by atoms with Crippen LogP contribution < -0.4 is 16.0 Å². The molecule has 1 atom stereocenters. The molecule has 18 heavy (non-hydrogen) atoms. The summed E-state index contributed by atoms with van der Waals surface area (Å²) in [6.07, 6.45) is 3.23. The molecule has 0 saturated carbocycles. The summed E-state index contributed by atoms with van der Waals surface area (Å²) >= 11 is 0. The number of carbonyl (C=O) groups excluding carboxylic acids is 1. The van der Waals surface area contributed by atoms with Crippen LogP contribution in [0.15, 0.2) is 0 Å². The topological polar surface area (TPSA) is 87.3 Å². The van der Waals surface area contributed by atoms with Crippen LogP contribution in [-0.4, -0.2) is 51.1 Å². The van der Waals surface area contributed by atoms with E-state index in [0.717, 1.165) is 25.9 Å². The average molecular weight is 275 g/mol. The number of hydrogen-bond acceptors (Lipinski definition) is 4. The second kappa shape index (κ2) is 5.88. The first-order valence-electron chi connectivity index (χ1n) is 6.54. The lowest BCUT2D eigenvalue weighted by atomic mass is 10.1. The van der Waals surface area contributed by atoms with Gasteiger partial charge in [0.05, 0.1) is 11.0 Å². The third-order valence-corrected chi connectivity index (χ3v) is 5.90. The summed E-state index contributed by atoms with van der Waals surface area (Å²) in [7, 11) is -2.97. The lowest BCUT2D eigenvalue weighted by Gasteiger charge is -2.24. The molecule has 2 amide bonds. The van der Waals surface area contributed by atoms with Crippen molar-refractivity contribution in [3.05, 3.63) is 0 Å². The molecule has 0 radical (unpaired) electrons. The molecule has 2 saturated heterocycles. The number of piperidine rings is 1. The van der Waals surface area contributed by atoms with Gasteiger partial charge in [0.15, 0.2) is 9.84 Å². The number of urea groups is 1. The first kappa shape index (κ1) is 13.6. The van der Waals surface area contributed by atoms with E-state index in [1.165, 1.54) is 0 Å². The highest BCUT2D eigenvalue weighted by Gasteiger charge is 2.31. The molecule has 0 bridgehead atoms. The monoisotopic (exact) mass is 275 g/mol. The van der Waals surface area contributed by atoms with E-state index in [-0.39, 0.29) is 24.4 Å². The van der Waals surface area contributed by atoms with E-state index in [9.17, 15) is 13.2 Å². The minimum absolute atomic E-state index is 0.200. The summed E-state index contributed by atoms with van der Waals surface area (Å²) in [5, 5.41) is 8.40. The van der Waals surface area contributed by atoms with Gasteiger partial charge in [-0.2, -0.15) is 0 Å². The second-order valence-electron chi connectivity index (χ2n) is 5.01. The van der Waals surface area contributed by atoms with Gasteiger partial charge < -0.3 is 16.0 Å². The Hall–Kier alpha value is -0.820. The fraction of sp³-hybridized carbons (Fsp3) is 0.909. The van der Waals surface area contributed by atoms with Gasteiger partial charge in [0.2, 0.25) is 0 Å². The average Bonchev–Trinajstić information content (AvgIpc) is 2.67. The standard InChI is InChI=1S/C11H21N3O3S/c15-11(14-9-3-5-12-6-4-9)13-8-10-2-1-7-18(10,16)17/h9-10,12H,1-8H2,(H2,13,14,15). The molecule has 0 aromatic rings. The molecule has 6 nitrogen and oxygen atoms in total. The van der Waals surface area contributed by atoms with Crippen LogP contribution in [0.4, 0.5) is 4.79 Å². The number of nitrogens with one attached hydrogen (secondary N) is 3. The minimum atomic E-state index is -2.97. The highest BCUT2D eigenvalue weighted by molar-refractivity contribution is 7.92. The molecule has 7 heteroatoms. The highest BCUT2D eigenvalue weighted by Crippen LogP contribution is 2.18. The van der Waals surface area contributed by atoms with E-state index in [4.69, 9.17) is 0 Å². The maximum atomic E-state index is 11.6. The van der Waals surface area contributed by atoms with E-state index < -0.39 is 15.1 Å². The highest BCUT2D eigenvalue weighted by atomic mass is 32.2. The summed E-state index contributed by atoms with van der Waals surface area (Å²) in [5.41, 5.74) is 0. The van der Waals surface area contributed by atoms with Crippen molar-refractivity contribution in [2.75, 3.05) is 25.4 Å². The Labute approximate surface area is 108 Å². The molecule has 3 N–H and O–H groups in total. The maximum Gasteiger partial charge on any atom is 0.315 e. The zero-order valence-corrected chi connectivity index (χ0v) is 11.3. The third kappa shape index (κ3) is 3.58. The summed E-state index contributed by atoms with van der Waals surface area (Å²) in [6, 6.07) is -0.0459. The zero-order valence-electron chi connectivity index (χ0n) is 10.4. The van der Waals surface area contributed by atoms with Crippen molar-refractivity contribution in [1.29, 1.82) is 0 Å². The summed E-state index contributed by atoms with van der Waals surface area (Å²) in [6.45, 7) is 2.07. The Balaban J connectivity index is 1.71. The Bertz CT molecular complexity index is 390. The predicted octanol–water partition coefficient (Wildman–Crippen LogP) is -0.385. The van der Waals surface area contributed by atoms with Crippen molar-refractivity contribution in [2.45, 2.75) is 37.0 Å². The number of amides is 2. The Morgan fingerprint density at radius 2 is 1.94 bits per heavy atom. The molecular weight excluding hydrogens is 254 g/mol. The van der Waals surface area contributed by atoms with Crippen molar-refractivity contribution < 1.29 is 13.2 Å². The number of hydrogen-bond donors (Lipinski definition) is 3. The molecule has 0 aliphatic carbocycles. The molecule has 2 fully saturated rings. The van der Waals surface area contributed by atoms with Crippen LogP contribution >= 0.6 is 0 Å². The van der Waals surface area contributed by atoms with Crippen LogP contribution in [-0.2, 0) is 9.84 Å². The molecule has 1 unspecified atom stereocenters. The Morgan fingerprint density at radius 1 is 1.22 bits per heavy atom. The van der Waals surface area contributed by atoms with Crippen LogP contribution in [0.3, 0.4) is 0 Å². The first-order valence-corrected chi connectivity index (χ1v) is 8.26. The van der Waals surface area contributed by atoms with Crippen molar-refractivity contribution in [3.8, 4) is 0 Å². The largest absolute Gasteiger partial charge is 0.337 e. The SMILES string of the molecule is O=C(NCC1CCCS1(=O)=O)NC1CCNCC1. The van der Waals surface area contributed by atoms with Crippen LogP contribution in [0.25, 0.3) is 0 Å². The first-order chi connectivity index (χ1) is 8.58. The van der Waals surface area contributed by atoms with Crippen LogP contribution in [0, 0.1) is 0 Å². The summed E-state index contributed by atoms with van der Waals surface area (Å²) < 4.78 is 23.2. The fourth-order valence-electron chi connectivity index (χ4n) is 2.50. The lowest BCUT2D eigenvalue weighted by Crippen LogP contribution is -2.48. The van der Waals surface area contributed by atoms with Gasteiger partial charge in [-0.15, -0.1) is 0 Å². The molecule has 104 valence electrons. The smallest absolute Gasteiger partial charge is 0.315 e.